The first kappa shape index (κ1) is 15.3. The van der Waals surface area contributed by atoms with Gasteiger partial charge in [0.15, 0.2) is 5.13 Å². The lowest BCUT2D eigenvalue weighted by atomic mass is 10.0. The molecule has 1 aliphatic carbocycles. The van der Waals surface area contributed by atoms with E-state index in [0.29, 0.717) is 24.8 Å². The predicted molar refractivity (Wildman–Crippen MR) is 91.3 cm³/mol. The molecule has 126 valence electrons. The summed E-state index contributed by atoms with van der Waals surface area (Å²) in [6, 6.07) is 3.03. The van der Waals surface area contributed by atoms with Crippen molar-refractivity contribution in [3.8, 4) is 0 Å². The number of carbonyl (C=O) groups excluding carboxylic acids is 1. The van der Waals surface area contributed by atoms with Crippen molar-refractivity contribution in [2.45, 2.75) is 32.2 Å². The monoisotopic (exact) mass is 345 g/mol. The number of thiazole rings is 1. The molecule has 4 rings (SSSR count). The fraction of sp³-hybridized carbons (Fsp3) is 0.500. The Morgan fingerprint density at radius 2 is 2.17 bits per heavy atom. The van der Waals surface area contributed by atoms with E-state index in [1.807, 2.05) is 0 Å². The van der Waals surface area contributed by atoms with Gasteiger partial charge in [0.2, 0.25) is 0 Å². The molecule has 0 saturated carbocycles. The summed E-state index contributed by atoms with van der Waals surface area (Å²) in [7, 11) is 0. The summed E-state index contributed by atoms with van der Waals surface area (Å²) < 4.78 is 1.45. The van der Waals surface area contributed by atoms with Crippen LogP contribution < -0.4 is 10.9 Å². The van der Waals surface area contributed by atoms with Gasteiger partial charge in [-0.2, -0.15) is 5.10 Å². The molecule has 3 heterocycles. The van der Waals surface area contributed by atoms with Gasteiger partial charge in [-0.3, -0.25) is 10.1 Å². The lowest BCUT2D eigenvalue weighted by Gasteiger charge is -2.38. The van der Waals surface area contributed by atoms with Crippen molar-refractivity contribution in [1.82, 2.24) is 19.7 Å². The van der Waals surface area contributed by atoms with Crippen LogP contribution in [0.3, 0.4) is 0 Å². The van der Waals surface area contributed by atoms with Crippen LogP contribution in [0.1, 0.15) is 23.4 Å². The second kappa shape index (κ2) is 6.35. The quantitative estimate of drug-likeness (QED) is 0.919. The molecular formula is C16H19N5O2S. The van der Waals surface area contributed by atoms with Crippen LogP contribution in [0.15, 0.2) is 23.1 Å². The van der Waals surface area contributed by atoms with Crippen molar-refractivity contribution in [3.05, 3.63) is 39.3 Å². The zero-order chi connectivity index (χ0) is 16.5. The van der Waals surface area contributed by atoms with E-state index in [1.54, 1.807) is 28.5 Å². The van der Waals surface area contributed by atoms with Crippen LogP contribution in [0.2, 0.25) is 0 Å². The van der Waals surface area contributed by atoms with Gasteiger partial charge in [0.05, 0.1) is 12.2 Å². The molecule has 24 heavy (non-hydrogen) atoms. The molecule has 0 spiro atoms. The fourth-order valence-corrected chi connectivity index (χ4v) is 4.24. The zero-order valence-electron chi connectivity index (χ0n) is 13.3. The van der Waals surface area contributed by atoms with Gasteiger partial charge in [0, 0.05) is 36.1 Å². The molecule has 1 fully saturated rings. The van der Waals surface area contributed by atoms with Gasteiger partial charge in [-0.15, -0.1) is 11.3 Å². The van der Waals surface area contributed by atoms with Crippen molar-refractivity contribution < 1.29 is 4.79 Å². The minimum Gasteiger partial charge on any atom is -0.324 e. The van der Waals surface area contributed by atoms with Crippen LogP contribution in [0.4, 0.5) is 9.93 Å². The highest BCUT2D eigenvalue weighted by Crippen LogP contribution is 2.30. The smallest absolute Gasteiger partial charge is 0.323 e. The average molecular weight is 345 g/mol. The second-order valence-electron chi connectivity index (χ2n) is 6.34. The number of anilines is 1. The molecule has 2 aromatic heterocycles. The topological polar surface area (TPSA) is 80.1 Å². The number of nitrogens with one attached hydrogen (secondary N) is 1. The summed E-state index contributed by atoms with van der Waals surface area (Å²) in [4.78, 5) is 31.5. The molecule has 2 amide bonds. The number of nitrogens with zero attached hydrogens (tertiary/aromatic N) is 4. The van der Waals surface area contributed by atoms with E-state index in [4.69, 9.17) is 0 Å². The molecule has 0 bridgehead atoms. The number of hydrogen-bond donors (Lipinski definition) is 1. The number of aromatic nitrogens is 3. The molecule has 1 N–H and O–H groups in total. The van der Waals surface area contributed by atoms with Crippen LogP contribution in [0.25, 0.3) is 0 Å². The van der Waals surface area contributed by atoms with E-state index in [0.717, 1.165) is 18.5 Å². The molecule has 2 aliphatic rings. The molecule has 8 heteroatoms. The van der Waals surface area contributed by atoms with Crippen molar-refractivity contribution in [1.29, 1.82) is 0 Å². The maximum atomic E-state index is 12.3. The summed E-state index contributed by atoms with van der Waals surface area (Å²) in [5, 5.41) is 7.66. The first-order valence-corrected chi connectivity index (χ1v) is 9.07. The van der Waals surface area contributed by atoms with Crippen LogP contribution >= 0.6 is 11.3 Å². The third-order valence-corrected chi connectivity index (χ3v) is 5.59. The fourth-order valence-electron chi connectivity index (χ4n) is 3.20. The SMILES string of the molecule is O=C(Nc1nc2c(s1)CCCC2)N1CC(Cn2ncccc2=O)C1. The van der Waals surface area contributed by atoms with Crippen LogP contribution in [0, 0.1) is 5.92 Å². The zero-order valence-corrected chi connectivity index (χ0v) is 14.1. The number of likely N-dealkylation sites (tertiary alicyclic amines) is 1. The molecule has 2 aromatic rings. The third kappa shape index (κ3) is 3.06. The summed E-state index contributed by atoms with van der Waals surface area (Å²) in [5.74, 6) is 0.271. The van der Waals surface area contributed by atoms with Crippen LogP contribution in [-0.4, -0.2) is 38.8 Å². The molecule has 1 aliphatic heterocycles. The van der Waals surface area contributed by atoms with Gasteiger partial charge in [0.1, 0.15) is 0 Å². The highest BCUT2D eigenvalue weighted by molar-refractivity contribution is 7.15. The Labute approximate surface area is 143 Å². The lowest BCUT2D eigenvalue weighted by Crippen LogP contribution is -2.53. The number of carbonyl (C=O) groups is 1. The third-order valence-electron chi connectivity index (χ3n) is 4.52. The molecule has 0 radical (unpaired) electrons. The molecule has 1 saturated heterocycles. The first-order chi connectivity index (χ1) is 11.7. The first-order valence-electron chi connectivity index (χ1n) is 8.25. The van der Waals surface area contributed by atoms with E-state index in [1.165, 1.54) is 28.5 Å². The second-order valence-corrected chi connectivity index (χ2v) is 7.42. The molecule has 0 aromatic carbocycles. The van der Waals surface area contributed by atoms with E-state index in [-0.39, 0.29) is 17.5 Å². The average Bonchev–Trinajstić information content (AvgIpc) is 2.94. The van der Waals surface area contributed by atoms with Crippen molar-refractivity contribution >= 4 is 22.5 Å². The molecule has 0 unspecified atom stereocenters. The van der Waals surface area contributed by atoms with Crippen molar-refractivity contribution in [2.75, 3.05) is 18.4 Å². The maximum absolute atomic E-state index is 12.3. The van der Waals surface area contributed by atoms with Gasteiger partial charge < -0.3 is 4.90 Å². The Kier molecular flexibility index (Phi) is 4.05. The Morgan fingerprint density at radius 3 is 2.96 bits per heavy atom. The summed E-state index contributed by atoms with van der Waals surface area (Å²) >= 11 is 1.60. The Bertz CT molecular complexity index is 785. The maximum Gasteiger partial charge on any atom is 0.323 e. The van der Waals surface area contributed by atoms with Gasteiger partial charge >= 0.3 is 6.03 Å². The number of fused-ring (bicyclic) bond motifs is 1. The molecule has 7 nitrogen and oxygen atoms in total. The van der Waals surface area contributed by atoms with E-state index >= 15 is 0 Å². The Morgan fingerprint density at radius 1 is 1.33 bits per heavy atom. The minimum atomic E-state index is -0.106. The standard InChI is InChI=1S/C16H19N5O2S/c22-14-6-3-7-17-21(14)10-11-8-20(9-11)16(23)19-15-18-12-4-1-2-5-13(12)24-15/h3,6-7,11H,1-2,4-5,8-10H2,(H,18,19,23). The van der Waals surface area contributed by atoms with E-state index in [2.05, 4.69) is 15.4 Å². The van der Waals surface area contributed by atoms with Gasteiger partial charge in [0.25, 0.3) is 5.56 Å². The Balaban J connectivity index is 1.30. The van der Waals surface area contributed by atoms with Crippen molar-refractivity contribution in [3.63, 3.8) is 0 Å². The summed E-state index contributed by atoms with van der Waals surface area (Å²) in [6.07, 6.45) is 6.10. The molecular weight excluding hydrogens is 326 g/mol. The summed E-state index contributed by atoms with van der Waals surface area (Å²) in [5.41, 5.74) is 1.05. The van der Waals surface area contributed by atoms with Crippen molar-refractivity contribution in [2.24, 2.45) is 5.92 Å². The number of amides is 2. The highest BCUT2D eigenvalue weighted by Gasteiger charge is 2.31. The largest absolute Gasteiger partial charge is 0.324 e. The van der Waals surface area contributed by atoms with E-state index < -0.39 is 0 Å². The normalized spacial score (nSPS) is 17.2. The predicted octanol–water partition coefficient (Wildman–Crippen LogP) is 1.74. The lowest BCUT2D eigenvalue weighted by molar-refractivity contribution is 0.116. The number of aryl methyl sites for hydroxylation is 2. The highest BCUT2D eigenvalue weighted by atomic mass is 32.1. The number of urea groups is 1. The number of hydrogen-bond acceptors (Lipinski definition) is 5. The van der Waals surface area contributed by atoms with Gasteiger partial charge in [-0.1, -0.05) is 0 Å². The Hall–Kier alpha value is -2.22. The van der Waals surface area contributed by atoms with Crippen LogP contribution in [-0.2, 0) is 19.4 Å². The molecule has 0 atom stereocenters. The van der Waals surface area contributed by atoms with Gasteiger partial charge in [-0.05, 0) is 31.7 Å². The van der Waals surface area contributed by atoms with Gasteiger partial charge in [-0.25, -0.2) is 14.5 Å². The van der Waals surface area contributed by atoms with E-state index in [9.17, 15) is 9.59 Å². The summed E-state index contributed by atoms with van der Waals surface area (Å²) in [6.45, 7) is 1.83. The number of rotatable bonds is 3. The minimum absolute atomic E-state index is 0.103. The van der Waals surface area contributed by atoms with Crippen LogP contribution in [0.5, 0.6) is 0 Å².